The third kappa shape index (κ3) is 5.82. The van der Waals surface area contributed by atoms with Gasteiger partial charge in [0.05, 0.1) is 0 Å². The van der Waals surface area contributed by atoms with Crippen molar-refractivity contribution in [2.24, 2.45) is 10.4 Å². The zero-order valence-electron chi connectivity index (χ0n) is 15.8. The number of halogens is 4. The zero-order chi connectivity index (χ0) is 19.3. The van der Waals surface area contributed by atoms with Crippen LogP contribution in [-0.2, 0) is 10.9 Å². The first-order valence-electron chi connectivity index (χ1n) is 9.09. The Morgan fingerprint density at radius 1 is 1.29 bits per heavy atom. The molecule has 0 aliphatic carbocycles. The summed E-state index contributed by atoms with van der Waals surface area (Å²) in [5.41, 5.74) is -0.636. The summed E-state index contributed by atoms with van der Waals surface area (Å²) >= 11 is 0. The van der Waals surface area contributed by atoms with E-state index in [2.05, 4.69) is 30.5 Å². The third-order valence-corrected chi connectivity index (χ3v) is 5.14. The van der Waals surface area contributed by atoms with Crippen LogP contribution in [0.2, 0.25) is 0 Å². The monoisotopic (exact) mass is 514 g/mol. The van der Waals surface area contributed by atoms with Crippen LogP contribution in [0.3, 0.4) is 0 Å². The Bertz CT molecular complexity index is 667. The Morgan fingerprint density at radius 3 is 2.71 bits per heavy atom. The van der Waals surface area contributed by atoms with Gasteiger partial charge in [-0.3, -0.25) is 4.99 Å². The Labute approximate surface area is 179 Å². The van der Waals surface area contributed by atoms with Crippen LogP contribution in [0.5, 0.6) is 0 Å². The fraction of sp³-hybridized carbons (Fsp3) is 0.706. The number of hydrogen-bond acceptors (Lipinski definition) is 5. The van der Waals surface area contributed by atoms with E-state index in [0.717, 1.165) is 63.8 Å². The smallest absolute Gasteiger partial charge is 0.381 e. The number of nitrogens with one attached hydrogen (secondary N) is 2. The molecule has 11 heteroatoms. The first kappa shape index (κ1) is 22.9. The number of ether oxygens (including phenoxy) is 1. The summed E-state index contributed by atoms with van der Waals surface area (Å²) in [7, 11) is 1.74. The normalized spacial score (nSPS) is 19.4. The lowest BCUT2D eigenvalue weighted by molar-refractivity contribution is -0.141. The summed E-state index contributed by atoms with van der Waals surface area (Å²) < 4.78 is 43.5. The molecule has 2 saturated heterocycles. The van der Waals surface area contributed by atoms with Crippen LogP contribution >= 0.6 is 24.0 Å². The van der Waals surface area contributed by atoms with Crippen molar-refractivity contribution in [2.75, 3.05) is 51.8 Å². The Kier molecular flexibility index (Phi) is 8.10. The molecule has 3 heterocycles. The maximum Gasteiger partial charge on any atom is 0.433 e. The van der Waals surface area contributed by atoms with Gasteiger partial charge in [-0.1, -0.05) is 0 Å². The standard InChI is InChI=1S/C17H25F3N6O.HI/c1-21-15(26-9-3-16(12-26)4-10-27-11-5-16)24-8-7-23-14-22-6-2-13(25-14)17(18,19)20;/h2,6H,3-5,7-12H2,1H3,(H,21,24)(H,22,23,25);1H. The van der Waals surface area contributed by atoms with Crippen molar-refractivity contribution in [3.05, 3.63) is 18.0 Å². The summed E-state index contributed by atoms with van der Waals surface area (Å²) in [4.78, 5) is 13.9. The maximum absolute atomic E-state index is 12.7. The molecule has 2 fully saturated rings. The van der Waals surface area contributed by atoms with Crippen molar-refractivity contribution in [2.45, 2.75) is 25.4 Å². The second-order valence-corrected chi connectivity index (χ2v) is 6.95. The summed E-state index contributed by atoms with van der Waals surface area (Å²) in [5.74, 6) is 0.772. The van der Waals surface area contributed by atoms with E-state index >= 15 is 0 Å². The van der Waals surface area contributed by atoms with Gasteiger partial charge in [-0.15, -0.1) is 24.0 Å². The van der Waals surface area contributed by atoms with Crippen LogP contribution in [0.4, 0.5) is 19.1 Å². The van der Waals surface area contributed by atoms with Crippen molar-refractivity contribution >= 4 is 35.9 Å². The Hall–Kier alpha value is -1.37. The molecule has 28 heavy (non-hydrogen) atoms. The van der Waals surface area contributed by atoms with Gasteiger partial charge >= 0.3 is 6.18 Å². The first-order valence-corrected chi connectivity index (χ1v) is 9.09. The van der Waals surface area contributed by atoms with Gasteiger partial charge in [0.15, 0.2) is 5.96 Å². The molecule has 0 saturated carbocycles. The number of alkyl halides is 3. The molecule has 7 nitrogen and oxygen atoms in total. The zero-order valence-corrected chi connectivity index (χ0v) is 18.1. The maximum atomic E-state index is 12.7. The predicted molar refractivity (Wildman–Crippen MR) is 111 cm³/mol. The molecule has 0 radical (unpaired) electrons. The molecule has 158 valence electrons. The fourth-order valence-electron chi connectivity index (χ4n) is 3.61. The van der Waals surface area contributed by atoms with E-state index in [1.54, 1.807) is 7.05 Å². The van der Waals surface area contributed by atoms with Crippen molar-refractivity contribution < 1.29 is 17.9 Å². The van der Waals surface area contributed by atoms with Crippen LogP contribution in [0.1, 0.15) is 25.0 Å². The van der Waals surface area contributed by atoms with Gasteiger partial charge in [0.2, 0.25) is 5.95 Å². The molecule has 2 N–H and O–H groups in total. The van der Waals surface area contributed by atoms with Crippen LogP contribution in [0.15, 0.2) is 17.3 Å². The van der Waals surface area contributed by atoms with E-state index in [-0.39, 0.29) is 29.9 Å². The summed E-state index contributed by atoms with van der Waals surface area (Å²) in [6.45, 7) is 4.43. The van der Waals surface area contributed by atoms with Gasteiger partial charge in [0.1, 0.15) is 5.69 Å². The molecule has 3 rings (SSSR count). The van der Waals surface area contributed by atoms with Crippen LogP contribution in [0.25, 0.3) is 0 Å². The highest BCUT2D eigenvalue weighted by atomic mass is 127. The Morgan fingerprint density at radius 2 is 2.04 bits per heavy atom. The van der Waals surface area contributed by atoms with E-state index in [9.17, 15) is 13.2 Å². The second-order valence-electron chi connectivity index (χ2n) is 6.95. The van der Waals surface area contributed by atoms with E-state index in [4.69, 9.17) is 4.74 Å². The molecule has 0 bridgehead atoms. The average molecular weight is 514 g/mol. The number of guanidine groups is 1. The number of aliphatic imine (C=N–C) groups is 1. The summed E-state index contributed by atoms with van der Waals surface area (Å²) in [6.07, 6.45) is -0.0884. The lowest BCUT2D eigenvalue weighted by atomic mass is 9.80. The molecule has 0 atom stereocenters. The van der Waals surface area contributed by atoms with Crippen molar-refractivity contribution in [1.29, 1.82) is 0 Å². The van der Waals surface area contributed by atoms with E-state index in [1.165, 1.54) is 0 Å². The molecule has 0 aromatic carbocycles. The lowest BCUT2D eigenvalue weighted by Gasteiger charge is -2.33. The second kappa shape index (κ2) is 9.90. The quantitative estimate of drug-likeness (QED) is 0.279. The number of nitrogens with zero attached hydrogens (tertiary/aromatic N) is 4. The van der Waals surface area contributed by atoms with E-state index in [0.29, 0.717) is 18.5 Å². The number of rotatable bonds is 4. The molecule has 1 aromatic heterocycles. The highest BCUT2D eigenvalue weighted by Crippen LogP contribution is 2.39. The molecule has 2 aliphatic heterocycles. The highest BCUT2D eigenvalue weighted by Gasteiger charge is 2.40. The number of aromatic nitrogens is 2. The minimum absolute atomic E-state index is 0. The first-order chi connectivity index (χ1) is 12.9. The van der Waals surface area contributed by atoms with E-state index < -0.39 is 11.9 Å². The van der Waals surface area contributed by atoms with Crippen molar-refractivity contribution in [3.8, 4) is 0 Å². The molecule has 1 aromatic rings. The lowest BCUT2D eigenvalue weighted by Crippen LogP contribution is -2.43. The molecule has 1 spiro atoms. The Balaban J connectivity index is 0.00000280. The summed E-state index contributed by atoms with van der Waals surface area (Å²) in [6, 6.07) is 0.852. The van der Waals surface area contributed by atoms with Gasteiger partial charge in [-0.05, 0) is 30.7 Å². The van der Waals surface area contributed by atoms with E-state index in [1.807, 2.05) is 0 Å². The van der Waals surface area contributed by atoms with Crippen LogP contribution in [0, 0.1) is 5.41 Å². The SMILES string of the molecule is CN=C(NCCNc1nccc(C(F)(F)F)n1)N1CCC2(CCOCC2)C1.I. The van der Waals surface area contributed by atoms with Crippen LogP contribution in [-0.4, -0.2) is 67.3 Å². The molecule has 0 amide bonds. The van der Waals surface area contributed by atoms with Gasteiger partial charge < -0.3 is 20.3 Å². The van der Waals surface area contributed by atoms with Gasteiger partial charge in [0, 0.05) is 52.6 Å². The number of likely N-dealkylation sites (tertiary alicyclic amines) is 1. The van der Waals surface area contributed by atoms with Crippen LogP contribution < -0.4 is 10.6 Å². The summed E-state index contributed by atoms with van der Waals surface area (Å²) in [5, 5.41) is 6.06. The minimum atomic E-state index is -4.48. The molecule has 0 unspecified atom stereocenters. The predicted octanol–water partition coefficient (Wildman–Crippen LogP) is 2.60. The minimum Gasteiger partial charge on any atom is -0.381 e. The molecule has 2 aliphatic rings. The number of anilines is 1. The topological polar surface area (TPSA) is 74.7 Å². The number of hydrogen-bond donors (Lipinski definition) is 2. The van der Waals surface area contributed by atoms with Gasteiger partial charge in [-0.25, -0.2) is 9.97 Å². The largest absolute Gasteiger partial charge is 0.433 e. The highest BCUT2D eigenvalue weighted by molar-refractivity contribution is 14.0. The third-order valence-electron chi connectivity index (χ3n) is 5.14. The fourth-order valence-corrected chi connectivity index (χ4v) is 3.61. The van der Waals surface area contributed by atoms with Crippen molar-refractivity contribution in [3.63, 3.8) is 0 Å². The van der Waals surface area contributed by atoms with Gasteiger partial charge in [-0.2, -0.15) is 13.2 Å². The van der Waals surface area contributed by atoms with Crippen molar-refractivity contribution in [1.82, 2.24) is 20.2 Å². The average Bonchev–Trinajstić information content (AvgIpc) is 3.05. The molecular weight excluding hydrogens is 488 g/mol. The molecular formula is C17H26F3IN6O. The van der Waals surface area contributed by atoms with Gasteiger partial charge in [0.25, 0.3) is 0 Å².